The molecule has 0 spiro atoms. The molecule has 0 saturated heterocycles. The number of carbonyl (C=O) groups is 1. The Bertz CT molecular complexity index is 1280. The molecule has 0 aliphatic carbocycles. The molecule has 0 radical (unpaired) electrons. The van der Waals surface area contributed by atoms with E-state index in [1.807, 2.05) is 72.9 Å². The predicted octanol–water partition coefficient (Wildman–Crippen LogP) is 5.34. The van der Waals surface area contributed by atoms with Crippen LogP contribution in [0.4, 0.5) is 0 Å². The Kier molecular flexibility index (Phi) is 5.72. The lowest BCUT2D eigenvalue weighted by molar-refractivity contribution is 0.104. The van der Waals surface area contributed by atoms with Gasteiger partial charge < -0.3 is 4.74 Å². The highest BCUT2D eigenvalue weighted by Gasteiger charge is 2.18. The molecule has 1 aromatic heterocycles. The number of Topliss-reactive ketones (excluding diaryl/α,β-unsaturated/α-hetero) is 1. The van der Waals surface area contributed by atoms with Gasteiger partial charge in [0.05, 0.1) is 12.8 Å². The maximum absolute atomic E-state index is 12.9. The first-order valence-electron chi connectivity index (χ1n) is 9.71. The summed E-state index contributed by atoms with van der Waals surface area (Å²) in [5.74, 6) is 0.324. The summed E-state index contributed by atoms with van der Waals surface area (Å²) in [5, 5.41) is 14.5. The number of ketones is 1. The minimum atomic E-state index is -0.332. The molecule has 0 unspecified atom stereocenters. The van der Waals surface area contributed by atoms with Gasteiger partial charge in [0.15, 0.2) is 0 Å². The number of carbonyl (C=O) groups excluding carboxylic acids is 1. The third kappa shape index (κ3) is 4.14. The molecule has 31 heavy (non-hydrogen) atoms. The van der Waals surface area contributed by atoms with E-state index in [1.165, 1.54) is 0 Å². The first-order valence-corrected chi connectivity index (χ1v) is 9.71. The van der Waals surface area contributed by atoms with Crippen molar-refractivity contribution >= 4 is 11.9 Å². The number of nitrogens with zero attached hydrogens (tertiary/aromatic N) is 3. The topological polar surface area (TPSA) is 67.9 Å². The van der Waals surface area contributed by atoms with Gasteiger partial charge >= 0.3 is 0 Å². The molecule has 0 aliphatic heterocycles. The second kappa shape index (κ2) is 8.93. The normalized spacial score (nSPS) is 11.0. The van der Waals surface area contributed by atoms with E-state index < -0.39 is 0 Å². The fraction of sp³-hybridized carbons (Fsp3) is 0.0385. The Morgan fingerprint density at radius 2 is 1.61 bits per heavy atom. The Hall–Kier alpha value is -4.43. The zero-order valence-electron chi connectivity index (χ0n) is 16.9. The largest absolute Gasteiger partial charge is 0.496 e. The lowest BCUT2D eigenvalue weighted by Crippen LogP contribution is -2.01. The van der Waals surface area contributed by atoms with E-state index in [-0.39, 0.29) is 11.4 Å². The van der Waals surface area contributed by atoms with Crippen LogP contribution in [0.15, 0.2) is 96.7 Å². The van der Waals surface area contributed by atoms with Gasteiger partial charge in [-0.3, -0.25) is 4.79 Å². The molecule has 5 heteroatoms. The third-order valence-corrected chi connectivity index (χ3v) is 4.83. The first-order chi connectivity index (χ1) is 15.2. The monoisotopic (exact) mass is 405 g/mol. The van der Waals surface area contributed by atoms with Crippen molar-refractivity contribution in [3.05, 3.63) is 108 Å². The van der Waals surface area contributed by atoms with Gasteiger partial charge in [0.25, 0.3) is 0 Å². The van der Waals surface area contributed by atoms with Crippen LogP contribution in [-0.4, -0.2) is 22.7 Å². The van der Waals surface area contributed by atoms with Crippen LogP contribution in [0.3, 0.4) is 0 Å². The molecule has 1 heterocycles. The van der Waals surface area contributed by atoms with Gasteiger partial charge in [-0.05, 0) is 30.3 Å². The lowest BCUT2D eigenvalue weighted by Gasteiger charge is -2.07. The van der Waals surface area contributed by atoms with Crippen LogP contribution in [0.1, 0.15) is 15.9 Å². The number of allylic oxidation sites excluding steroid dienone is 1. The quantitative estimate of drug-likeness (QED) is 0.247. The van der Waals surface area contributed by atoms with Crippen molar-refractivity contribution in [3.8, 4) is 28.8 Å². The van der Waals surface area contributed by atoms with Crippen LogP contribution in [0.25, 0.3) is 23.0 Å². The van der Waals surface area contributed by atoms with Crippen LogP contribution >= 0.6 is 0 Å². The van der Waals surface area contributed by atoms with Crippen LogP contribution in [0.2, 0.25) is 0 Å². The summed E-state index contributed by atoms with van der Waals surface area (Å²) in [6.45, 7) is 0. The van der Waals surface area contributed by atoms with E-state index in [0.29, 0.717) is 22.6 Å². The smallest absolute Gasteiger partial charge is 0.203 e. The second-order valence-electron chi connectivity index (χ2n) is 6.78. The number of hydrogen-bond acceptors (Lipinski definition) is 4. The van der Waals surface area contributed by atoms with Crippen molar-refractivity contribution in [2.75, 3.05) is 7.11 Å². The number of hydrogen-bond donors (Lipinski definition) is 0. The summed E-state index contributed by atoms with van der Waals surface area (Å²) < 4.78 is 7.25. The van der Waals surface area contributed by atoms with E-state index in [9.17, 15) is 10.1 Å². The number of nitriles is 1. The van der Waals surface area contributed by atoms with Gasteiger partial charge in [-0.25, -0.2) is 4.68 Å². The maximum atomic E-state index is 12.9. The Balaban J connectivity index is 1.88. The Morgan fingerprint density at radius 1 is 0.968 bits per heavy atom. The van der Waals surface area contributed by atoms with Gasteiger partial charge in [-0.15, -0.1) is 0 Å². The van der Waals surface area contributed by atoms with E-state index in [0.717, 1.165) is 11.3 Å². The van der Waals surface area contributed by atoms with Crippen LogP contribution < -0.4 is 4.74 Å². The maximum Gasteiger partial charge on any atom is 0.203 e. The summed E-state index contributed by atoms with van der Waals surface area (Å²) in [5.41, 5.74) is 3.41. The molecule has 0 N–H and O–H groups in total. The summed E-state index contributed by atoms with van der Waals surface area (Å²) in [7, 11) is 1.60. The molecule has 0 atom stereocenters. The third-order valence-electron chi connectivity index (χ3n) is 4.83. The van der Waals surface area contributed by atoms with E-state index >= 15 is 0 Å². The molecule has 0 amide bonds. The Labute approximate surface area is 180 Å². The lowest BCUT2D eigenvalue weighted by atomic mass is 10.0. The highest BCUT2D eigenvalue weighted by Crippen LogP contribution is 2.33. The number of ether oxygens (including phenoxy) is 1. The second-order valence-corrected chi connectivity index (χ2v) is 6.78. The molecule has 5 nitrogen and oxygen atoms in total. The highest BCUT2D eigenvalue weighted by molar-refractivity contribution is 6.14. The summed E-state index contributed by atoms with van der Waals surface area (Å²) in [6, 6.07) is 28.0. The van der Waals surface area contributed by atoms with E-state index in [2.05, 4.69) is 0 Å². The van der Waals surface area contributed by atoms with E-state index in [4.69, 9.17) is 9.84 Å². The number of methoxy groups -OCH3 is 1. The molecule has 0 fully saturated rings. The van der Waals surface area contributed by atoms with Crippen molar-refractivity contribution in [1.82, 2.24) is 9.78 Å². The zero-order chi connectivity index (χ0) is 21.6. The number of rotatable bonds is 6. The summed E-state index contributed by atoms with van der Waals surface area (Å²) >= 11 is 0. The van der Waals surface area contributed by atoms with Crippen molar-refractivity contribution < 1.29 is 9.53 Å². The van der Waals surface area contributed by atoms with Crippen molar-refractivity contribution in [2.45, 2.75) is 0 Å². The molecule has 4 rings (SSSR count). The molecule has 0 saturated carbocycles. The number of benzene rings is 3. The molecule has 3 aromatic carbocycles. The average molecular weight is 405 g/mol. The van der Waals surface area contributed by atoms with Gasteiger partial charge in [0, 0.05) is 22.9 Å². The van der Waals surface area contributed by atoms with Gasteiger partial charge in [0.1, 0.15) is 23.1 Å². The molecular formula is C26H19N3O2. The fourth-order valence-electron chi connectivity index (χ4n) is 3.30. The number of aromatic nitrogens is 2. The zero-order valence-corrected chi connectivity index (χ0v) is 16.9. The van der Waals surface area contributed by atoms with Crippen molar-refractivity contribution in [2.24, 2.45) is 0 Å². The van der Waals surface area contributed by atoms with Gasteiger partial charge in [0.2, 0.25) is 5.78 Å². The standard InChI is InChI=1S/C26H19N3O2/c1-31-24-15-9-8-14-23(24)25-21(18-29(28-25)22-12-6-3-7-13-22)16-20(17-27)26(30)19-10-4-2-5-11-19/h2-16,18H,1H3/b20-16+. The van der Waals surface area contributed by atoms with Crippen LogP contribution in [0, 0.1) is 11.3 Å². The summed E-state index contributed by atoms with van der Waals surface area (Å²) in [6.07, 6.45) is 3.40. The minimum Gasteiger partial charge on any atom is -0.496 e. The predicted molar refractivity (Wildman–Crippen MR) is 120 cm³/mol. The molecule has 0 aliphatic rings. The van der Waals surface area contributed by atoms with Crippen molar-refractivity contribution in [1.29, 1.82) is 5.26 Å². The van der Waals surface area contributed by atoms with Crippen LogP contribution in [-0.2, 0) is 0 Å². The molecule has 150 valence electrons. The van der Waals surface area contributed by atoms with Gasteiger partial charge in [-0.2, -0.15) is 10.4 Å². The SMILES string of the molecule is COc1ccccc1-c1nn(-c2ccccc2)cc1/C=C(\C#N)C(=O)c1ccccc1. The molecule has 0 bridgehead atoms. The first kappa shape index (κ1) is 19.9. The number of para-hydroxylation sites is 2. The Morgan fingerprint density at radius 3 is 2.29 bits per heavy atom. The van der Waals surface area contributed by atoms with E-state index in [1.54, 1.807) is 42.1 Å². The molecule has 4 aromatic rings. The average Bonchev–Trinajstić information content (AvgIpc) is 3.27. The fourth-order valence-corrected chi connectivity index (χ4v) is 3.30. The van der Waals surface area contributed by atoms with Gasteiger partial charge in [-0.1, -0.05) is 60.7 Å². The van der Waals surface area contributed by atoms with Crippen LogP contribution in [0.5, 0.6) is 5.75 Å². The highest BCUT2D eigenvalue weighted by atomic mass is 16.5. The molecular weight excluding hydrogens is 386 g/mol. The van der Waals surface area contributed by atoms with Crippen molar-refractivity contribution in [3.63, 3.8) is 0 Å². The minimum absolute atomic E-state index is 0.0370. The summed E-state index contributed by atoms with van der Waals surface area (Å²) in [4.78, 5) is 12.9.